The zero-order valence-corrected chi connectivity index (χ0v) is 16.5. The van der Waals surface area contributed by atoms with E-state index in [-0.39, 0.29) is 29.7 Å². The fraction of sp³-hybridized carbons (Fsp3) is 0.579. The number of fused-ring (bicyclic) bond motifs is 1. The van der Waals surface area contributed by atoms with E-state index in [2.05, 4.69) is 10.1 Å². The lowest BCUT2D eigenvalue weighted by Gasteiger charge is -2.26. The predicted octanol–water partition coefficient (Wildman–Crippen LogP) is 3.92. The lowest BCUT2D eigenvalue weighted by Crippen LogP contribution is -2.39. The Balaban J connectivity index is 1.49. The maximum Gasteiger partial charge on any atom is 0.573 e. The van der Waals surface area contributed by atoms with Gasteiger partial charge in [-0.1, -0.05) is 0 Å². The number of hydrogen-bond donors (Lipinski definition) is 1. The number of alkyl halides is 3. The Hall–Kier alpha value is -2.65. The molecule has 2 atom stereocenters. The van der Waals surface area contributed by atoms with Crippen molar-refractivity contribution >= 4 is 17.8 Å². The summed E-state index contributed by atoms with van der Waals surface area (Å²) in [5.41, 5.74) is -0.182. The Labute approximate surface area is 166 Å². The van der Waals surface area contributed by atoms with Crippen molar-refractivity contribution in [2.75, 3.05) is 31.5 Å². The number of hydrogen-bond acceptors (Lipinski definition) is 4. The molecule has 3 amide bonds. The highest BCUT2D eigenvalue weighted by molar-refractivity contribution is 5.89. The molecular formula is C19H24F3N3O4. The Morgan fingerprint density at radius 1 is 0.966 bits per heavy atom. The van der Waals surface area contributed by atoms with Gasteiger partial charge in [0.05, 0.1) is 0 Å². The first-order chi connectivity index (χ1) is 13.4. The summed E-state index contributed by atoms with van der Waals surface area (Å²) in [6, 6.07) is 4.65. The van der Waals surface area contributed by atoms with E-state index in [0.29, 0.717) is 31.9 Å². The molecule has 1 N–H and O–H groups in total. The number of rotatable bonds is 2. The molecule has 160 valence electrons. The third-order valence-electron chi connectivity index (χ3n) is 4.76. The summed E-state index contributed by atoms with van der Waals surface area (Å²) < 4.78 is 45.8. The van der Waals surface area contributed by atoms with Gasteiger partial charge in [-0.2, -0.15) is 0 Å². The minimum atomic E-state index is -4.76. The van der Waals surface area contributed by atoms with Crippen LogP contribution in [0.5, 0.6) is 5.75 Å². The van der Waals surface area contributed by atoms with Crippen molar-refractivity contribution in [3.05, 3.63) is 24.3 Å². The Morgan fingerprint density at radius 3 is 1.97 bits per heavy atom. The van der Waals surface area contributed by atoms with Crippen molar-refractivity contribution in [1.29, 1.82) is 0 Å². The van der Waals surface area contributed by atoms with Crippen LogP contribution in [0.2, 0.25) is 0 Å². The van der Waals surface area contributed by atoms with Crippen LogP contribution in [-0.4, -0.2) is 60.1 Å². The largest absolute Gasteiger partial charge is 0.573 e. The average Bonchev–Trinajstić information content (AvgIpc) is 3.12. The van der Waals surface area contributed by atoms with Crippen molar-refractivity contribution in [3.63, 3.8) is 0 Å². The summed E-state index contributed by atoms with van der Waals surface area (Å²) in [5.74, 6) is 0.0000905. The fourth-order valence-corrected chi connectivity index (χ4v) is 3.58. The Bertz CT molecular complexity index is 747. The Kier molecular flexibility index (Phi) is 5.55. The summed E-state index contributed by atoms with van der Waals surface area (Å²) >= 11 is 0. The van der Waals surface area contributed by atoms with Crippen molar-refractivity contribution < 1.29 is 32.2 Å². The van der Waals surface area contributed by atoms with Gasteiger partial charge in [-0.3, -0.25) is 0 Å². The second-order valence-electron chi connectivity index (χ2n) is 8.31. The van der Waals surface area contributed by atoms with E-state index >= 15 is 0 Å². The number of amides is 3. The smallest absolute Gasteiger partial charge is 0.444 e. The number of halogens is 3. The maximum absolute atomic E-state index is 12.5. The van der Waals surface area contributed by atoms with Gasteiger partial charge in [-0.15, -0.1) is 13.2 Å². The molecule has 0 aliphatic carbocycles. The summed E-state index contributed by atoms with van der Waals surface area (Å²) in [4.78, 5) is 28.0. The zero-order valence-electron chi connectivity index (χ0n) is 16.5. The van der Waals surface area contributed by atoms with E-state index in [0.717, 1.165) is 12.1 Å². The predicted molar refractivity (Wildman–Crippen MR) is 98.5 cm³/mol. The normalized spacial score (nSPS) is 21.7. The van der Waals surface area contributed by atoms with Crippen LogP contribution < -0.4 is 10.1 Å². The zero-order chi connectivity index (χ0) is 21.4. The van der Waals surface area contributed by atoms with Gasteiger partial charge in [0, 0.05) is 43.7 Å². The highest BCUT2D eigenvalue weighted by Crippen LogP contribution is 2.32. The number of ether oxygens (including phenoxy) is 2. The van der Waals surface area contributed by atoms with Gasteiger partial charge < -0.3 is 24.6 Å². The fourth-order valence-electron chi connectivity index (χ4n) is 3.58. The lowest BCUT2D eigenvalue weighted by atomic mass is 10.0. The molecule has 0 spiro atoms. The molecule has 0 aromatic heterocycles. The minimum absolute atomic E-state index is 0.177. The average molecular weight is 415 g/mol. The van der Waals surface area contributed by atoms with Crippen molar-refractivity contribution in [1.82, 2.24) is 9.80 Å². The number of carbonyl (C=O) groups is 2. The van der Waals surface area contributed by atoms with Gasteiger partial charge in [0.15, 0.2) is 0 Å². The first kappa shape index (κ1) is 21.1. The van der Waals surface area contributed by atoms with E-state index < -0.39 is 12.0 Å². The van der Waals surface area contributed by atoms with E-state index in [9.17, 15) is 22.8 Å². The lowest BCUT2D eigenvalue weighted by molar-refractivity contribution is -0.274. The van der Waals surface area contributed by atoms with Gasteiger partial charge in [-0.25, -0.2) is 9.59 Å². The first-order valence-corrected chi connectivity index (χ1v) is 9.29. The highest BCUT2D eigenvalue weighted by atomic mass is 19.4. The minimum Gasteiger partial charge on any atom is -0.444 e. The standard InChI is InChI=1S/C19H24F3N3O4/c1-18(2,3)29-17(27)25-10-12-8-24(9-13(12)11-25)16(26)23-14-4-6-15(7-5-14)28-19(20,21)22/h4-7,12-13H,8-11H2,1-3H3,(H,23,26). The van der Waals surface area contributed by atoms with E-state index in [1.807, 2.05) is 20.8 Å². The third kappa shape index (κ3) is 5.68. The molecule has 2 aliphatic heterocycles. The second-order valence-corrected chi connectivity index (χ2v) is 8.31. The van der Waals surface area contributed by atoms with Gasteiger partial charge in [-0.05, 0) is 45.0 Å². The molecule has 2 fully saturated rings. The van der Waals surface area contributed by atoms with Crippen molar-refractivity contribution in [3.8, 4) is 5.75 Å². The molecule has 0 saturated carbocycles. The first-order valence-electron chi connectivity index (χ1n) is 9.29. The number of anilines is 1. The third-order valence-corrected chi connectivity index (χ3v) is 4.76. The molecule has 10 heteroatoms. The summed E-state index contributed by atoms with van der Waals surface area (Å²) in [6.45, 7) is 7.52. The Morgan fingerprint density at radius 2 is 1.48 bits per heavy atom. The van der Waals surface area contributed by atoms with E-state index in [4.69, 9.17) is 4.74 Å². The molecule has 3 rings (SSSR count). The molecule has 2 aliphatic rings. The molecule has 2 heterocycles. The van der Waals surface area contributed by atoms with Gasteiger partial charge in [0.2, 0.25) is 0 Å². The summed E-state index contributed by atoms with van der Waals surface area (Å²) in [7, 11) is 0. The molecule has 2 saturated heterocycles. The molecular weight excluding hydrogens is 391 g/mol. The van der Waals surface area contributed by atoms with Crippen LogP contribution in [-0.2, 0) is 4.74 Å². The quantitative estimate of drug-likeness (QED) is 0.795. The number of likely N-dealkylation sites (tertiary alicyclic amines) is 2. The molecule has 1 aromatic carbocycles. The maximum atomic E-state index is 12.5. The van der Waals surface area contributed by atoms with Crippen LogP contribution in [0.3, 0.4) is 0 Å². The highest BCUT2D eigenvalue weighted by Gasteiger charge is 2.44. The molecule has 1 aromatic rings. The topological polar surface area (TPSA) is 71.1 Å². The number of nitrogens with one attached hydrogen (secondary N) is 1. The molecule has 2 unspecified atom stereocenters. The molecule has 0 bridgehead atoms. The number of carbonyl (C=O) groups excluding carboxylic acids is 2. The molecule has 7 nitrogen and oxygen atoms in total. The SMILES string of the molecule is CC(C)(C)OC(=O)N1CC2CN(C(=O)Nc3ccc(OC(F)(F)F)cc3)CC2C1. The summed E-state index contributed by atoms with van der Waals surface area (Å²) in [5, 5.41) is 2.67. The van der Waals surface area contributed by atoms with Crippen LogP contribution >= 0.6 is 0 Å². The van der Waals surface area contributed by atoms with Crippen LogP contribution in [0, 0.1) is 11.8 Å². The number of benzene rings is 1. The van der Waals surface area contributed by atoms with E-state index in [1.54, 1.807) is 9.80 Å². The molecule has 29 heavy (non-hydrogen) atoms. The van der Waals surface area contributed by atoms with Crippen LogP contribution in [0.15, 0.2) is 24.3 Å². The second kappa shape index (κ2) is 7.64. The van der Waals surface area contributed by atoms with Crippen LogP contribution in [0.1, 0.15) is 20.8 Å². The molecule has 0 radical (unpaired) electrons. The van der Waals surface area contributed by atoms with Crippen LogP contribution in [0.25, 0.3) is 0 Å². The monoisotopic (exact) mass is 415 g/mol. The van der Waals surface area contributed by atoms with Gasteiger partial charge in [0.25, 0.3) is 0 Å². The van der Waals surface area contributed by atoms with E-state index in [1.165, 1.54) is 12.1 Å². The summed E-state index contributed by atoms with van der Waals surface area (Å²) in [6.07, 6.45) is -5.10. The number of urea groups is 1. The number of nitrogens with zero attached hydrogens (tertiary/aromatic N) is 2. The van der Waals surface area contributed by atoms with Crippen molar-refractivity contribution in [2.45, 2.75) is 32.7 Å². The van der Waals surface area contributed by atoms with Crippen molar-refractivity contribution in [2.24, 2.45) is 11.8 Å². The van der Waals surface area contributed by atoms with Crippen LogP contribution in [0.4, 0.5) is 28.4 Å². The van der Waals surface area contributed by atoms with Gasteiger partial charge >= 0.3 is 18.5 Å². The van der Waals surface area contributed by atoms with Gasteiger partial charge in [0.1, 0.15) is 11.4 Å².